The van der Waals surface area contributed by atoms with Gasteiger partial charge in [-0.3, -0.25) is 0 Å². The van der Waals surface area contributed by atoms with E-state index >= 15 is 0 Å². The summed E-state index contributed by atoms with van der Waals surface area (Å²) in [5, 5.41) is 14.5. The summed E-state index contributed by atoms with van der Waals surface area (Å²) < 4.78 is 5.09. The average Bonchev–Trinajstić information content (AvgIpc) is 2.33. The van der Waals surface area contributed by atoms with E-state index in [1.807, 2.05) is 6.07 Å². The Morgan fingerprint density at radius 1 is 1.47 bits per heavy atom. The lowest BCUT2D eigenvalue weighted by atomic mass is 10.2. The number of pyridine rings is 1. The van der Waals surface area contributed by atoms with Crippen molar-refractivity contribution in [3.63, 3.8) is 0 Å². The lowest BCUT2D eigenvalue weighted by Crippen LogP contribution is -2.35. The lowest BCUT2D eigenvalue weighted by Gasteiger charge is -2.19. The van der Waals surface area contributed by atoms with Crippen LogP contribution < -0.4 is 10.6 Å². The molecule has 0 saturated carbocycles. The van der Waals surface area contributed by atoms with Crippen LogP contribution >= 0.6 is 0 Å². The van der Waals surface area contributed by atoms with Gasteiger partial charge in [0.1, 0.15) is 11.7 Å². The van der Waals surface area contributed by atoms with Gasteiger partial charge in [-0.1, -0.05) is 0 Å². The third-order valence-electron chi connectivity index (χ3n) is 2.02. The van der Waals surface area contributed by atoms with Crippen LogP contribution in [-0.2, 0) is 4.74 Å². The molecule has 0 aliphatic heterocycles. The molecule has 1 aromatic heterocycles. The minimum atomic E-state index is -0.505. The fourth-order valence-electron chi connectivity index (χ4n) is 1.31. The van der Waals surface area contributed by atoms with E-state index in [1.54, 1.807) is 39.1 Å². The number of hydrogen-bond acceptors (Lipinski definition) is 5. The maximum Gasteiger partial charge on any atom is 0.407 e. The van der Waals surface area contributed by atoms with Gasteiger partial charge in [-0.15, -0.1) is 0 Å². The van der Waals surface area contributed by atoms with Crippen molar-refractivity contribution >= 4 is 11.8 Å². The summed E-state index contributed by atoms with van der Waals surface area (Å²) >= 11 is 0. The van der Waals surface area contributed by atoms with E-state index in [4.69, 9.17) is 10.00 Å². The fraction of sp³-hybridized carbons (Fsp3) is 0.462. The number of alkyl carbamates (subject to hydrolysis) is 1. The van der Waals surface area contributed by atoms with Crippen molar-refractivity contribution in [2.75, 3.05) is 18.4 Å². The zero-order valence-corrected chi connectivity index (χ0v) is 11.4. The Morgan fingerprint density at radius 3 is 2.84 bits per heavy atom. The first kappa shape index (κ1) is 14.8. The second-order valence-electron chi connectivity index (χ2n) is 4.87. The largest absolute Gasteiger partial charge is 0.444 e. The van der Waals surface area contributed by atoms with Crippen LogP contribution in [0, 0.1) is 11.3 Å². The van der Waals surface area contributed by atoms with E-state index in [1.165, 1.54) is 0 Å². The molecule has 0 aliphatic rings. The lowest BCUT2D eigenvalue weighted by molar-refractivity contribution is 0.0530. The van der Waals surface area contributed by atoms with E-state index in [2.05, 4.69) is 15.6 Å². The Hall–Kier alpha value is -2.29. The predicted molar refractivity (Wildman–Crippen MR) is 71.7 cm³/mol. The normalized spacial score (nSPS) is 10.4. The Balaban J connectivity index is 2.32. The van der Waals surface area contributed by atoms with Crippen molar-refractivity contribution in [1.82, 2.24) is 10.3 Å². The molecular weight excluding hydrogens is 244 g/mol. The first-order valence-corrected chi connectivity index (χ1v) is 5.98. The van der Waals surface area contributed by atoms with Crippen molar-refractivity contribution in [2.45, 2.75) is 26.4 Å². The van der Waals surface area contributed by atoms with Gasteiger partial charge in [-0.2, -0.15) is 5.26 Å². The molecule has 2 N–H and O–H groups in total. The van der Waals surface area contributed by atoms with Gasteiger partial charge in [-0.25, -0.2) is 9.78 Å². The summed E-state index contributed by atoms with van der Waals surface area (Å²) in [7, 11) is 0. The molecular formula is C13H18N4O2. The van der Waals surface area contributed by atoms with E-state index in [9.17, 15) is 4.79 Å². The van der Waals surface area contributed by atoms with E-state index in [0.29, 0.717) is 24.5 Å². The number of rotatable bonds is 4. The highest BCUT2D eigenvalue weighted by molar-refractivity contribution is 5.67. The molecule has 0 spiro atoms. The van der Waals surface area contributed by atoms with Crippen LogP contribution in [0.25, 0.3) is 0 Å². The Labute approximate surface area is 112 Å². The van der Waals surface area contributed by atoms with Crippen molar-refractivity contribution in [2.24, 2.45) is 0 Å². The standard InChI is InChI=1S/C13H18N4O2/c1-13(2,3)19-12(18)17-8-7-16-10-5-4-6-15-11(10)9-14/h4-6,16H,7-8H2,1-3H3,(H,17,18). The highest BCUT2D eigenvalue weighted by Crippen LogP contribution is 2.09. The van der Waals surface area contributed by atoms with Crippen LogP contribution in [0.3, 0.4) is 0 Å². The summed E-state index contributed by atoms with van der Waals surface area (Å²) in [4.78, 5) is 15.3. The van der Waals surface area contributed by atoms with Gasteiger partial charge in [0.25, 0.3) is 0 Å². The Bertz CT molecular complexity index is 474. The summed E-state index contributed by atoms with van der Waals surface area (Å²) in [5.74, 6) is 0. The zero-order valence-electron chi connectivity index (χ0n) is 11.4. The molecule has 1 aromatic rings. The fourth-order valence-corrected chi connectivity index (χ4v) is 1.31. The van der Waals surface area contributed by atoms with Gasteiger partial charge >= 0.3 is 6.09 Å². The van der Waals surface area contributed by atoms with Gasteiger partial charge in [-0.05, 0) is 32.9 Å². The molecule has 6 nitrogen and oxygen atoms in total. The predicted octanol–water partition coefficient (Wildman–Crippen LogP) is 1.89. The maximum atomic E-state index is 11.4. The molecule has 0 aromatic carbocycles. The molecule has 19 heavy (non-hydrogen) atoms. The van der Waals surface area contributed by atoms with Crippen molar-refractivity contribution in [1.29, 1.82) is 5.26 Å². The smallest absolute Gasteiger partial charge is 0.407 e. The number of anilines is 1. The van der Waals surface area contributed by atoms with Crippen molar-refractivity contribution < 1.29 is 9.53 Å². The average molecular weight is 262 g/mol. The number of amides is 1. The second-order valence-corrected chi connectivity index (χ2v) is 4.87. The molecule has 0 bridgehead atoms. The number of ether oxygens (including phenoxy) is 1. The monoisotopic (exact) mass is 262 g/mol. The van der Waals surface area contributed by atoms with E-state index < -0.39 is 11.7 Å². The minimum absolute atomic E-state index is 0.333. The van der Waals surface area contributed by atoms with E-state index in [-0.39, 0.29) is 0 Å². The summed E-state index contributed by atoms with van der Waals surface area (Å²) in [6.45, 7) is 6.30. The third kappa shape index (κ3) is 5.73. The summed E-state index contributed by atoms with van der Waals surface area (Å²) in [6, 6.07) is 5.49. The molecule has 0 unspecified atom stereocenters. The highest BCUT2D eigenvalue weighted by atomic mass is 16.6. The van der Waals surface area contributed by atoms with Crippen LogP contribution in [0.5, 0.6) is 0 Å². The zero-order chi connectivity index (χ0) is 14.3. The second kappa shape index (κ2) is 6.59. The minimum Gasteiger partial charge on any atom is -0.444 e. The molecule has 0 saturated heterocycles. The molecule has 6 heteroatoms. The van der Waals surface area contributed by atoms with E-state index in [0.717, 1.165) is 0 Å². The van der Waals surface area contributed by atoms with Gasteiger partial charge in [0, 0.05) is 19.3 Å². The van der Waals surface area contributed by atoms with Crippen molar-refractivity contribution in [3.8, 4) is 6.07 Å². The molecule has 1 rings (SSSR count). The molecule has 1 heterocycles. The SMILES string of the molecule is CC(C)(C)OC(=O)NCCNc1cccnc1C#N. The van der Waals surface area contributed by atoms with Crippen molar-refractivity contribution in [3.05, 3.63) is 24.0 Å². The topological polar surface area (TPSA) is 87.0 Å². The number of carbonyl (C=O) groups excluding carboxylic acids is 1. The van der Waals surface area contributed by atoms with Crippen LogP contribution in [0.4, 0.5) is 10.5 Å². The van der Waals surface area contributed by atoms with Crippen LogP contribution in [0.2, 0.25) is 0 Å². The van der Waals surface area contributed by atoms with Crippen LogP contribution in [0.15, 0.2) is 18.3 Å². The molecule has 0 atom stereocenters. The van der Waals surface area contributed by atoms with Gasteiger partial charge in [0.05, 0.1) is 5.69 Å². The van der Waals surface area contributed by atoms with Gasteiger partial charge < -0.3 is 15.4 Å². The number of nitrogens with one attached hydrogen (secondary N) is 2. The maximum absolute atomic E-state index is 11.4. The highest BCUT2D eigenvalue weighted by Gasteiger charge is 2.15. The Morgan fingerprint density at radius 2 is 2.21 bits per heavy atom. The number of carbonyl (C=O) groups is 1. The molecule has 0 fully saturated rings. The molecule has 1 amide bonds. The number of nitriles is 1. The number of aromatic nitrogens is 1. The first-order valence-electron chi connectivity index (χ1n) is 5.98. The quantitative estimate of drug-likeness (QED) is 0.809. The van der Waals surface area contributed by atoms with Gasteiger partial charge in [0.2, 0.25) is 0 Å². The van der Waals surface area contributed by atoms with Crippen LogP contribution in [0.1, 0.15) is 26.5 Å². The van der Waals surface area contributed by atoms with Gasteiger partial charge in [0.15, 0.2) is 5.69 Å². The molecule has 0 radical (unpaired) electrons. The molecule has 102 valence electrons. The number of hydrogen-bond donors (Lipinski definition) is 2. The van der Waals surface area contributed by atoms with Crippen LogP contribution in [-0.4, -0.2) is 29.8 Å². The number of nitrogens with zero attached hydrogens (tertiary/aromatic N) is 2. The summed E-state index contributed by atoms with van der Waals surface area (Å²) in [6.07, 6.45) is 1.10. The Kier molecular flexibility index (Phi) is 5.12. The molecule has 0 aliphatic carbocycles. The third-order valence-corrected chi connectivity index (χ3v) is 2.02. The summed E-state index contributed by atoms with van der Waals surface area (Å²) in [5.41, 5.74) is 0.477. The first-order chi connectivity index (χ1) is 8.92.